The largest absolute Gasteiger partial charge is 0.376 e. The van der Waals surface area contributed by atoms with Crippen molar-refractivity contribution in [3.8, 4) is 0 Å². The lowest BCUT2D eigenvalue weighted by Gasteiger charge is -2.47. The van der Waals surface area contributed by atoms with E-state index in [2.05, 4.69) is 0 Å². The zero-order valence-electron chi connectivity index (χ0n) is 17.3. The lowest BCUT2D eigenvalue weighted by molar-refractivity contribution is -0.143. The number of nitrogens with zero attached hydrogens (tertiary/aromatic N) is 2. The Morgan fingerprint density at radius 1 is 1.28 bits per heavy atom. The summed E-state index contributed by atoms with van der Waals surface area (Å²) in [4.78, 5) is 29.1. The molecule has 4 rings (SSSR count). The molecule has 1 spiro atoms. The minimum absolute atomic E-state index is 0.109. The topological polar surface area (TPSA) is 49.9 Å². The quantitative estimate of drug-likeness (QED) is 0.778. The number of benzene rings is 1. The predicted octanol–water partition coefficient (Wildman–Crippen LogP) is 3.09. The van der Waals surface area contributed by atoms with Gasteiger partial charge >= 0.3 is 0 Å². The van der Waals surface area contributed by atoms with Crippen LogP contribution in [0.2, 0.25) is 0 Å². The number of aryl methyl sites for hydroxylation is 1. The monoisotopic (exact) mass is 402 g/mol. The molecule has 158 valence electrons. The summed E-state index contributed by atoms with van der Waals surface area (Å²) >= 11 is 0. The van der Waals surface area contributed by atoms with Crippen LogP contribution in [-0.2, 0) is 20.7 Å². The molecule has 3 aliphatic heterocycles. The minimum Gasteiger partial charge on any atom is -0.376 e. The van der Waals surface area contributed by atoms with Crippen molar-refractivity contribution in [2.45, 2.75) is 58.0 Å². The van der Waals surface area contributed by atoms with E-state index in [1.54, 1.807) is 6.07 Å². The maximum absolute atomic E-state index is 13.3. The summed E-state index contributed by atoms with van der Waals surface area (Å²) in [7, 11) is 0. The second-order valence-electron chi connectivity index (χ2n) is 9.04. The Hall–Kier alpha value is -1.95. The third-order valence-electron chi connectivity index (χ3n) is 7.02. The maximum atomic E-state index is 13.3. The van der Waals surface area contributed by atoms with Crippen molar-refractivity contribution in [2.75, 3.05) is 32.8 Å². The lowest BCUT2D eigenvalue weighted by atomic mass is 9.72. The number of carbonyl (C=O) groups excluding carboxylic acids is 2. The molecule has 3 aliphatic rings. The Balaban J connectivity index is 1.33. The fourth-order valence-corrected chi connectivity index (χ4v) is 5.07. The highest BCUT2D eigenvalue weighted by Gasteiger charge is 2.42. The van der Waals surface area contributed by atoms with Crippen LogP contribution in [0.25, 0.3) is 0 Å². The molecule has 1 aromatic rings. The molecule has 29 heavy (non-hydrogen) atoms. The van der Waals surface area contributed by atoms with Crippen molar-refractivity contribution < 1.29 is 18.7 Å². The van der Waals surface area contributed by atoms with Gasteiger partial charge in [0, 0.05) is 39.2 Å². The van der Waals surface area contributed by atoms with Gasteiger partial charge in [-0.05, 0) is 67.7 Å². The number of likely N-dealkylation sites (tertiary alicyclic amines) is 2. The summed E-state index contributed by atoms with van der Waals surface area (Å²) in [6.07, 6.45) is 6.05. The van der Waals surface area contributed by atoms with Gasteiger partial charge in [0.05, 0.1) is 12.5 Å². The van der Waals surface area contributed by atoms with Gasteiger partial charge in [-0.15, -0.1) is 0 Å². The molecule has 2 amide bonds. The molecule has 0 saturated carbocycles. The number of ether oxygens (including phenoxy) is 1. The number of piperidine rings is 2. The van der Waals surface area contributed by atoms with Gasteiger partial charge in [0.15, 0.2) is 0 Å². The predicted molar refractivity (Wildman–Crippen MR) is 108 cm³/mol. The molecule has 6 heteroatoms. The van der Waals surface area contributed by atoms with Crippen molar-refractivity contribution in [1.82, 2.24) is 9.80 Å². The highest BCUT2D eigenvalue weighted by molar-refractivity contribution is 5.79. The van der Waals surface area contributed by atoms with Gasteiger partial charge in [0.25, 0.3) is 0 Å². The number of amides is 2. The molecule has 1 aromatic carbocycles. The van der Waals surface area contributed by atoms with Crippen molar-refractivity contribution in [3.63, 3.8) is 0 Å². The Kier molecular flexibility index (Phi) is 5.91. The van der Waals surface area contributed by atoms with E-state index in [0.29, 0.717) is 19.4 Å². The van der Waals surface area contributed by atoms with Gasteiger partial charge in [-0.2, -0.15) is 0 Å². The van der Waals surface area contributed by atoms with Crippen molar-refractivity contribution >= 4 is 11.8 Å². The van der Waals surface area contributed by atoms with Crippen LogP contribution >= 0.6 is 0 Å². The van der Waals surface area contributed by atoms with Crippen LogP contribution in [0.4, 0.5) is 4.39 Å². The molecule has 0 bridgehead atoms. The zero-order chi connectivity index (χ0) is 20.4. The molecule has 3 saturated heterocycles. The van der Waals surface area contributed by atoms with Crippen LogP contribution in [0, 0.1) is 18.2 Å². The van der Waals surface area contributed by atoms with E-state index in [9.17, 15) is 14.0 Å². The van der Waals surface area contributed by atoms with Crippen molar-refractivity contribution in [1.29, 1.82) is 0 Å². The van der Waals surface area contributed by atoms with Gasteiger partial charge in [-0.1, -0.05) is 6.07 Å². The van der Waals surface area contributed by atoms with Crippen LogP contribution in [0.15, 0.2) is 18.2 Å². The third kappa shape index (κ3) is 4.63. The first-order chi connectivity index (χ1) is 13.9. The summed E-state index contributed by atoms with van der Waals surface area (Å²) < 4.78 is 19.0. The van der Waals surface area contributed by atoms with E-state index < -0.39 is 0 Å². The number of hydrogen-bond acceptors (Lipinski definition) is 3. The second-order valence-corrected chi connectivity index (χ2v) is 9.04. The zero-order valence-corrected chi connectivity index (χ0v) is 17.3. The molecular formula is C23H31FN2O3. The van der Waals surface area contributed by atoms with E-state index in [1.807, 2.05) is 16.7 Å². The van der Waals surface area contributed by atoms with Gasteiger partial charge in [0.2, 0.25) is 11.8 Å². The van der Waals surface area contributed by atoms with E-state index in [4.69, 9.17) is 4.74 Å². The van der Waals surface area contributed by atoms with E-state index in [0.717, 1.165) is 69.5 Å². The number of rotatable bonds is 4. The molecule has 0 N–H and O–H groups in total. The van der Waals surface area contributed by atoms with Gasteiger partial charge in [0.1, 0.15) is 5.82 Å². The van der Waals surface area contributed by atoms with Gasteiger partial charge in [-0.25, -0.2) is 4.39 Å². The summed E-state index contributed by atoms with van der Waals surface area (Å²) in [6, 6.07) is 4.61. The average Bonchev–Trinajstić information content (AvgIpc) is 3.21. The highest BCUT2D eigenvalue weighted by atomic mass is 19.1. The molecule has 3 heterocycles. The summed E-state index contributed by atoms with van der Waals surface area (Å²) in [5.41, 5.74) is 1.85. The van der Waals surface area contributed by atoms with Crippen molar-refractivity contribution in [2.24, 2.45) is 5.41 Å². The van der Waals surface area contributed by atoms with E-state index >= 15 is 0 Å². The van der Waals surface area contributed by atoms with E-state index in [-0.39, 0.29) is 29.2 Å². The highest BCUT2D eigenvalue weighted by Crippen LogP contribution is 2.40. The Labute approximate surface area is 172 Å². The van der Waals surface area contributed by atoms with Gasteiger partial charge in [-0.3, -0.25) is 9.59 Å². The number of halogens is 1. The standard InChI is InChI=1S/C23H31FN2O3/c1-17-13-19(24)5-4-18(17)14-22(28)25-10-8-23(9-11-25)7-6-21(27)26(16-23)15-20-3-2-12-29-20/h4-5,13,20H,2-3,6-12,14-16H2,1H3. The SMILES string of the molecule is Cc1cc(F)ccc1CC(=O)N1CCC2(CCC(=O)N(CC3CCCO3)C2)CC1. The molecular weight excluding hydrogens is 371 g/mol. The van der Waals surface area contributed by atoms with Crippen LogP contribution in [0.5, 0.6) is 0 Å². The summed E-state index contributed by atoms with van der Waals surface area (Å²) in [5.74, 6) is 0.0899. The number of hydrogen-bond donors (Lipinski definition) is 0. The molecule has 0 radical (unpaired) electrons. The maximum Gasteiger partial charge on any atom is 0.226 e. The number of carbonyl (C=O) groups is 2. The van der Waals surface area contributed by atoms with Crippen LogP contribution in [0.1, 0.15) is 49.7 Å². The molecule has 1 unspecified atom stereocenters. The Morgan fingerprint density at radius 3 is 2.76 bits per heavy atom. The summed E-state index contributed by atoms with van der Waals surface area (Å²) in [6.45, 7) is 5.64. The van der Waals surface area contributed by atoms with Crippen LogP contribution in [-0.4, -0.2) is 60.5 Å². The van der Waals surface area contributed by atoms with Crippen LogP contribution < -0.4 is 0 Å². The lowest BCUT2D eigenvalue weighted by Crippen LogP contribution is -2.53. The molecule has 1 atom stereocenters. The second kappa shape index (κ2) is 8.42. The fraction of sp³-hybridized carbons (Fsp3) is 0.652. The van der Waals surface area contributed by atoms with E-state index in [1.165, 1.54) is 12.1 Å². The fourth-order valence-electron chi connectivity index (χ4n) is 5.07. The van der Waals surface area contributed by atoms with Crippen molar-refractivity contribution in [3.05, 3.63) is 35.1 Å². The van der Waals surface area contributed by atoms with Gasteiger partial charge < -0.3 is 14.5 Å². The molecule has 0 aromatic heterocycles. The van der Waals surface area contributed by atoms with Crippen LogP contribution in [0.3, 0.4) is 0 Å². The Bertz CT molecular complexity index is 767. The minimum atomic E-state index is -0.266. The normalized spacial score (nSPS) is 24.3. The smallest absolute Gasteiger partial charge is 0.226 e. The first-order valence-corrected chi connectivity index (χ1v) is 10.9. The Morgan fingerprint density at radius 2 is 2.07 bits per heavy atom. The first kappa shape index (κ1) is 20.3. The third-order valence-corrected chi connectivity index (χ3v) is 7.02. The molecule has 5 nitrogen and oxygen atoms in total. The average molecular weight is 403 g/mol. The molecule has 0 aliphatic carbocycles. The first-order valence-electron chi connectivity index (χ1n) is 10.9. The summed E-state index contributed by atoms with van der Waals surface area (Å²) in [5, 5.41) is 0. The molecule has 3 fully saturated rings.